The Balaban J connectivity index is 2.82. The van der Waals surface area contributed by atoms with E-state index in [1.54, 1.807) is 0 Å². The summed E-state index contributed by atoms with van der Waals surface area (Å²) in [6.07, 6.45) is 0.235. The average Bonchev–Trinajstić information content (AvgIpc) is 2.15. The maximum atomic E-state index is 5.86. The summed E-state index contributed by atoms with van der Waals surface area (Å²) in [4.78, 5) is 0. The Kier molecular flexibility index (Phi) is 6.00. The predicted molar refractivity (Wildman–Crippen MR) is 63.2 cm³/mol. The van der Waals surface area contributed by atoms with Crippen LogP contribution in [0.5, 0.6) is 0 Å². The van der Waals surface area contributed by atoms with Gasteiger partial charge in [0.2, 0.25) is 0 Å². The third-order valence-corrected chi connectivity index (χ3v) is 3.65. The molecule has 0 fully saturated rings. The van der Waals surface area contributed by atoms with Crippen molar-refractivity contribution < 1.29 is 18.3 Å². The zero-order chi connectivity index (χ0) is 11.3. The summed E-state index contributed by atoms with van der Waals surface area (Å²) in [5.74, 6) is 0. The van der Waals surface area contributed by atoms with Crippen LogP contribution in [-0.4, -0.2) is 10.7 Å². The second-order valence-corrected chi connectivity index (χ2v) is 9.09. The molecule has 0 unspecified atom stereocenters. The van der Waals surface area contributed by atoms with Gasteiger partial charge in [0.25, 0.3) is 0 Å². The van der Waals surface area contributed by atoms with Gasteiger partial charge in [-0.2, -0.15) is 0 Å². The third kappa shape index (κ3) is 5.22. The quantitative estimate of drug-likeness (QED) is 0.763. The van der Waals surface area contributed by atoms with E-state index in [9.17, 15) is 0 Å². The van der Waals surface area contributed by atoms with E-state index in [1.807, 2.05) is 42.7 Å². The van der Waals surface area contributed by atoms with Crippen LogP contribution in [0.3, 0.4) is 0 Å². The van der Waals surface area contributed by atoms with E-state index in [-0.39, 0.29) is 6.10 Å². The van der Waals surface area contributed by atoms with Gasteiger partial charge in [-0.3, -0.25) is 0 Å². The molecule has 0 aliphatic carbocycles. The standard InChI is InChI=1S/C11H14O.2ClH.Ru/c1-9(2)12-8-11-7-5-4-6-10(11)3;;;/h3-7,9H,8H2,1-2H3;2*1H;/q;;;+2/p-2. The topological polar surface area (TPSA) is 9.23 Å². The molecule has 0 saturated heterocycles. The summed E-state index contributed by atoms with van der Waals surface area (Å²) in [6.45, 7) is 4.65. The number of halogens is 2. The minimum atomic E-state index is -1.75. The molecule has 0 aliphatic rings. The van der Waals surface area contributed by atoms with Crippen LogP contribution in [0.2, 0.25) is 0 Å². The van der Waals surface area contributed by atoms with Crippen molar-refractivity contribution in [3.63, 3.8) is 0 Å². The Morgan fingerprint density at radius 2 is 2.00 bits per heavy atom. The molecule has 1 aromatic rings. The molecule has 1 nitrogen and oxygen atoms in total. The van der Waals surface area contributed by atoms with Gasteiger partial charge in [-0.05, 0) is 0 Å². The fourth-order valence-electron chi connectivity index (χ4n) is 1.10. The first-order valence-corrected chi connectivity index (χ1v) is 10.1. The van der Waals surface area contributed by atoms with Gasteiger partial charge < -0.3 is 0 Å². The molecule has 0 amide bonds. The van der Waals surface area contributed by atoms with Crippen molar-refractivity contribution in [3.8, 4) is 0 Å². The van der Waals surface area contributed by atoms with Crippen molar-refractivity contribution in [3.05, 3.63) is 35.4 Å². The second kappa shape index (κ2) is 6.75. The Labute approximate surface area is 104 Å². The Hall–Kier alpha value is 0.253. The van der Waals surface area contributed by atoms with E-state index in [2.05, 4.69) is 0 Å². The van der Waals surface area contributed by atoms with Gasteiger partial charge in [0.15, 0.2) is 0 Å². The van der Waals surface area contributed by atoms with Crippen molar-refractivity contribution in [2.75, 3.05) is 0 Å². The van der Waals surface area contributed by atoms with Gasteiger partial charge in [-0.1, -0.05) is 0 Å². The molecule has 0 aromatic heterocycles. The maximum absolute atomic E-state index is 5.86. The van der Waals surface area contributed by atoms with E-state index in [0.29, 0.717) is 6.61 Å². The van der Waals surface area contributed by atoms with Gasteiger partial charge in [0.05, 0.1) is 0 Å². The van der Waals surface area contributed by atoms with E-state index in [0.717, 1.165) is 11.1 Å². The molecule has 0 bridgehead atoms. The number of benzene rings is 1. The number of rotatable bonds is 4. The molecule has 15 heavy (non-hydrogen) atoms. The first-order chi connectivity index (χ1) is 7.09. The summed E-state index contributed by atoms with van der Waals surface area (Å²) in [5, 5.41) is 0. The molecule has 0 radical (unpaired) electrons. The first kappa shape index (κ1) is 13.3. The summed E-state index contributed by atoms with van der Waals surface area (Å²) >= 11 is -1.75. The molecular formula is C11H14Cl2ORu. The number of ether oxygens (including phenoxy) is 1. The van der Waals surface area contributed by atoms with E-state index in [1.165, 1.54) is 0 Å². The van der Waals surface area contributed by atoms with Crippen LogP contribution in [0, 0.1) is 0 Å². The molecule has 0 N–H and O–H groups in total. The number of hydrogen-bond donors (Lipinski definition) is 0. The summed E-state index contributed by atoms with van der Waals surface area (Å²) in [7, 11) is 11.7. The van der Waals surface area contributed by atoms with Crippen molar-refractivity contribution in [2.24, 2.45) is 0 Å². The monoisotopic (exact) mass is 334 g/mol. The fourth-order valence-corrected chi connectivity index (χ4v) is 2.99. The van der Waals surface area contributed by atoms with Crippen molar-refractivity contribution in [2.45, 2.75) is 26.6 Å². The van der Waals surface area contributed by atoms with E-state index >= 15 is 0 Å². The molecule has 4 heteroatoms. The Morgan fingerprint density at radius 3 is 2.60 bits per heavy atom. The molecular weight excluding hydrogens is 320 g/mol. The average molecular weight is 334 g/mol. The molecule has 0 atom stereocenters. The third-order valence-electron chi connectivity index (χ3n) is 1.81. The molecule has 0 saturated carbocycles. The van der Waals surface area contributed by atoms with Crippen molar-refractivity contribution in [1.29, 1.82) is 0 Å². The van der Waals surface area contributed by atoms with Crippen LogP contribution in [0.4, 0.5) is 0 Å². The SMILES string of the molecule is CC(C)OCc1ccccc1[CH]=[Ru]([Cl])[Cl]. The molecule has 0 aliphatic heterocycles. The van der Waals surface area contributed by atoms with Gasteiger partial charge in [0.1, 0.15) is 0 Å². The van der Waals surface area contributed by atoms with Crippen LogP contribution in [0.25, 0.3) is 0 Å². The van der Waals surface area contributed by atoms with E-state index in [4.69, 9.17) is 24.1 Å². The minimum absolute atomic E-state index is 0.235. The molecule has 1 aromatic carbocycles. The summed E-state index contributed by atoms with van der Waals surface area (Å²) in [6, 6.07) is 8.04. The number of hydrogen-bond acceptors (Lipinski definition) is 1. The zero-order valence-corrected chi connectivity index (χ0v) is 11.9. The first-order valence-electron chi connectivity index (χ1n) is 4.62. The molecule has 1 rings (SSSR count). The van der Waals surface area contributed by atoms with Crippen LogP contribution in [-0.2, 0) is 24.9 Å². The van der Waals surface area contributed by atoms with Crippen LogP contribution >= 0.6 is 19.4 Å². The second-order valence-electron chi connectivity index (χ2n) is 3.37. The molecule has 0 spiro atoms. The predicted octanol–water partition coefficient (Wildman–Crippen LogP) is 3.69. The zero-order valence-electron chi connectivity index (χ0n) is 8.69. The normalized spacial score (nSPS) is 11.7. The fraction of sp³-hybridized carbons (Fsp3) is 0.364. The van der Waals surface area contributed by atoms with Gasteiger partial charge in [-0.15, -0.1) is 0 Å². The Morgan fingerprint density at radius 1 is 1.33 bits per heavy atom. The van der Waals surface area contributed by atoms with Gasteiger partial charge in [0, 0.05) is 0 Å². The van der Waals surface area contributed by atoms with Gasteiger partial charge in [-0.25, -0.2) is 0 Å². The van der Waals surface area contributed by atoms with Crippen LogP contribution in [0.1, 0.15) is 25.0 Å². The van der Waals surface area contributed by atoms with Gasteiger partial charge >= 0.3 is 104 Å². The molecule has 86 valence electrons. The van der Waals surface area contributed by atoms with Crippen molar-refractivity contribution >= 4 is 24.0 Å². The Bertz CT molecular complexity index is 346. The summed E-state index contributed by atoms with van der Waals surface area (Å²) < 4.78 is 7.51. The summed E-state index contributed by atoms with van der Waals surface area (Å²) in [5.41, 5.74) is 2.24. The van der Waals surface area contributed by atoms with Crippen LogP contribution in [0.15, 0.2) is 24.3 Å². The van der Waals surface area contributed by atoms with Crippen molar-refractivity contribution in [1.82, 2.24) is 0 Å². The van der Waals surface area contributed by atoms with Crippen LogP contribution < -0.4 is 0 Å². The van der Waals surface area contributed by atoms with E-state index < -0.39 is 13.5 Å². The molecule has 0 heterocycles.